The first-order valence-electron chi connectivity index (χ1n) is 6.33. The van der Waals surface area contributed by atoms with Gasteiger partial charge in [0.05, 0.1) is 0 Å². The van der Waals surface area contributed by atoms with Crippen LogP contribution < -0.4 is 10.6 Å². The largest absolute Gasteiger partial charge is 0.351 e. The molecule has 0 unspecified atom stereocenters. The summed E-state index contributed by atoms with van der Waals surface area (Å²) in [4.78, 5) is 27.5. The van der Waals surface area contributed by atoms with Crippen molar-refractivity contribution in [3.63, 3.8) is 0 Å². The smallest absolute Gasteiger partial charge is 0.270 e. The number of nitrogens with one attached hydrogen (secondary N) is 2. The predicted octanol–water partition coefficient (Wildman–Crippen LogP) is 1.53. The second-order valence-electron chi connectivity index (χ2n) is 4.02. The average molecular weight is 261 g/mol. The van der Waals surface area contributed by atoms with Gasteiger partial charge in [0, 0.05) is 13.1 Å². The van der Waals surface area contributed by atoms with Gasteiger partial charge in [-0.1, -0.05) is 25.5 Å². The van der Waals surface area contributed by atoms with Crippen LogP contribution in [0.5, 0.6) is 0 Å². The zero-order chi connectivity index (χ0) is 14.1. The summed E-state index contributed by atoms with van der Waals surface area (Å²) in [7, 11) is 0. The Morgan fingerprint density at radius 1 is 1.26 bits per heavy atom. The number of unbranched alkanes of at least 4 members (excludes halogenated alkanes) is 1. The van der Waals surface area contributed by atoms with Gasteiger partial charge in [-0.3, -0.25) is 9.59 Å². The van der Waals surface area contributed by atoms with Gasteiger partial charge in [-0.05, 0) is 18.6 Å². The molecular formula is C14H19N3O2. The van der Waals surface area contributed by atoms with Crippen LogP contribution in [0.4, 0.5) is 0 Å². The van der Waals surface area contributed by atoms with Crippen molar-refractivity contribution in [1.82, 2.24) is 15.6 Å². The Morgan fingerprint density at radius 2 is 1.89 bits per heavy atom. The van der Waals surface area contributed by atoms with Gasteiger partial charge in [0.15, 0.2) is 0 Å². The van der Waals surface area contributed by atoms with Crippen LogP contribution in [0.2, 0.25) is 0 Å². The van der Waals surface area contributed by atoms with Gasteiger partial charge in [-0.15, -0.1) is 6.58 Å². The van der Waals surface area contributed by atoms with Crippen molar-refractivity contribution < 1.29 is 9.59 Å². The molecule has 2 amide bonds. The van der Waals surface area contributed by atoms with Gasteiger partial charge in [-0.25, -0.2) is 4.98 Å². The Balaban J connectivity index is 2.68. The van der Waals surface area contributed by atoms with Crippen LogP contribution in [0, 0.1) is 0 Å². The van der Waals surface area contributed by atoms with Crippen molar-refractivity contribution >= 4 is 11.8 Å². The molecule has 1 rings (SSSR count). The molecule has 0 aromatic carbocycles. The molecule has 0 spiro atoms. The first-order valence-corrected chi connectivity index (χ1v) is 6.33. The molecule has 2 N–H and O–H groups in total. The summed E-state index contributed by atoms with van der Waals surface area (Å²) in [6, 6.07) is 4.80. The summed E-state index contributed by atoms with van der Waals surface area (Å²) < 4.78 is 0. The van der Waals surface area contributed by atoms with E-state index in [1.807, 2.05) is 0 Å². The normalized spacial score (nSPS) is 9.74. The number of hydrogen-bond donors (Lipinski definition) is 2. The van der Waals surface area contributed by atoms with Crippen molar-refractivity contribution in [1.29, 1.82) is 0 Å². The van der Waals surface area contributed by atoms with E-state index in [9.17, 15) is 9.59 Å². The van der Waals surface area contributed by atoms with E-state index < -0.39 is 0 Å². The van der Waals surface area contributed by atoms with E-state index in [-0.39, 0.29) is 23.2 Å². The summed E-state index contributed by atoms with van der Waals surface area (Å²) in [6.45, 7) is 6.55. The lowest BCUT2D eigenvalue weighted by Crippen LogP contribution is -2.28. The third kappa shape index (κ3) is 4.91. The van der Waals surface area contributed by atoms with Crippen molar-refractivity contribution in [3.05, 3.63) is 42.2 Å². The summed E-state index contributed by atoms with van der Waals surface area (Å²) in [5.41, 5.74) is 0.479. The second kappa shape index (κ2) is 8.02. The molecule has 1 aromatic heterocycles. The molecule has 19 heavy (non-hydrogen) atoms. The summed E-state index contributed by atoms with van der Waals surface area (Å²) in [6.07, 6.45) is 3.52. The summed E-state index contributed by atoms with van der Waals surface area (Å²) in [5, 5.41) is 5.38. The standard InChI is InChI=1S/C14H19N3O2/c1-3-5-10-16-14(19)12-8-6-7-11(17-12)13(18)15-9-4-2/h4,6-8H,2-3,5,9-10H2,1H3,(H,15,18)(H,16,19). The van der Waals surface area contributed by atoms with Crippen LogP contribution in [-0.4, -0.2) is 29.9 Å². The summed E-state index contributed by atoms with van der Waals surface area (Å²) in [5.74, 6) is -0.574. The molecule has 5 heteroatoms. The van der Waals surface area contributed by atoms with Crippen LogP contribution in [0.25, 0.3) is 0 Å². The SMILES string of the molecule is C=CCNC(=O)c1cccc(C(=O)NCCCC)n1. The number of hydrogen-bond acceptors (Lipinski definition) is 3. The minimum absolute atomic E-state index is 0.227. The fourth-order valence-corrected chi connectivity index (χ4v) is 1.41. The molecule has 0 radical (unpaired) electrons. The van der Waals surface area contributed by atoms with Crippen molar-refractivity contribution in [3.8, 4) is 0 Å². The lowest BCUT2D eigenvalue weighted by Gasteiger charge is -2.05. The fraction of sp³-hybridized carbons (Fsp3) is 0.357. The minimum atomic E-state index is -0.317. The maximum atomic E-state index is 11.8. The third-order valence-electron chi connectivity index (χ3n) is 2.44. The highest BCUT2D eigenvalue weighted by atomic mass is 16.2. The predicted molar refractivity (Wildman–Crippen MR) is 74.0 cm³/mol. The Morgan fingerprint density at radius 3 is 2.47 bits per heavy atom. The molecule has 0 aliphatic rings. The Hall–Kier alpha value is -2.17. The van der Waals surface area contributed by atoms with E-state index >= 15 is 0 Å². The van der Waals surface area contributed by atoms with E-state index in [4.69, 9.17) is 0 Å². The zero-order valence-corrected chi connectivity index (χ0v) is 11.1. The van der Waals surface area contributed by atoms with E-state index in [0.29, 0.717) is 13.1 Å². The Kier molecular flexibility index (Phi) is 6.29. The van der Waals surface area contributed by atoms with Crippen LogP contribution in [-0.2, 0) is 0 Å². The van der Waals surface area contributed by atoms with Gasteiger partial charge in [0.2, 0.25) is 0 Å². The highest BCUT2D eigenvalue weighted by molar-refractivity contribution is 5.96. The first-order chi connectivity index (χ1) is 9.19. The maximum Gasteiger partial charge on any atom is 0.270 e. The number of pyridine rings is 1. The number of carbonyl (C=O) groups excluding carboxylic acids is 2. The second-order valence-corrected chi connectivity index (χ2v) is 4.02. The van der Waals surface area contributed by atoms with Crippen LogP contribution in [0.1, 0.15) is 40.7 Å². The number of amides is 2. The van der Waals surface area contributed by atoms with Gasteiger partial charge in [0.25, 0.3) is 11.8 Å². The van der Waals surface area contributed by atoms with E-state index in [1.54, 1.807) is 24.3 Å². The summed E-state index contributed by atoms with van der Waals surface area (Å²) >= 11 is 0. The number of nitrogens with zero attached hydrogens (tertiary/aromatic N) is 1. The number of carbonyl (C=O) groups is 2. The highest BCUT2D eigenvalue weighted by Gasteiger charge is 2.11. The highest BCUT2D eigenvalue weighted by Crippen LogP contribution is 2.00. The first kappa shape index (κ1) is 14.9. The molecule has 0 fully saturated rings. The van der Waals surface area contributed by atoms with Gasteiger partial charge in [-0.2, -0.15) is 0 Å². The van der Waals surface area contributed by atoms with E-state index in [1.165, 1.54) is 0 Å². The molecule has 1 heterocycles. The van der Waals surface area contributed by atoms with Crippen molar-refractivity contribution in [2.75, 3.05) is 13.1 Å². The quantitative estimate of drug-likeness (QED) is 0.577. The number of aromatic nitrogens is 1. The molecule has 0 saturated heterocycles. The lowest BCUT2D eigenvalue weighted by molar-refractivity contribution is 0.0946. The van der Waals surface area contributed by atoms with Gasteiger partial charge in [0.1, 0.15) is 11.4 Å². The molecule has 0 aliphatic carbocycles. The maximum absolute atomic E-state index is 11.8. The van der Waals surface area contributed by atoms with Crippen LogP contribution in [0.3, 0.4) is 0 Å². The topological polar surface area (TPSA) is 71.1 Å². The molecule has 0 atom stereocenters. The third-order valence-corrected chi connectivity index (χ3v) is 2.44. The van der Waals surface area contributed by atoms with E-state index in [0.717, 1.165) is 12.8 Å². The van der Waals surface area contributed by atoms with Crippen molar-refractivity contribution in [2.45, 2.75) is 19.8 Å². The van der Waals surface area contributed by atoms with Crippen molar-refractivity contribution in [2.24, 2.45) is 0 Å². The number of rotatable bonds is 7. The average Bonchev–Trinajstić information content (AvgIpc) is 2.45. The molecule has 5 nitrogen and oxygen atoms in total. The Bertz CT molecular complexity index is 458. The Labute approximate surface area is 113 Å². The fourth-order valence-electron chi connectivity index (χ4n) is 1.41. The molecule has 0 bridgehead atoms. The monoisotopic (exact) mass is 261 g/mol. The van der Waals surface area contributed by atoms with Crippen LogP contribution in [0.15, 0.2) is 30.9 Å². The molecule has 0 saturated carbocycles. The molecule has 1 aromatic rings. The molecular weight excluding hydrogens is 242 g/mol. The lowest BCUT2D eigenvalue weighted by atomic mass is 10.2. The molecule has 0 aliphatic heterocycles. The minimum Gasteiger partial charge on any atom is -0.351 e. The van der Waals surface area contributed by atoms with E-state index in [2.05, 4.69) is 29.1 Å². The molecule has 102 valence electrons. The zero-order valence-electron chi connectivity index (χ0n) is 11.1. The van der Waals surface area contributed by atoms with Gasteiger partial charge < -0.3 is 10.6 Å². The van der Waals surface area contributed by atoms with Gasteiger partial charge >= 0.3 is 0 Å². The van der Waals surface area contributed by atoms with Crippen LogP contribution >= 0.6 is 0 Å².